The molecule has 17 heavy (non-hydrogen) atoms. The Morgan fingerprint density at radius 2 is 1.65 bits per heavy atom. The van der Waals surface area contributed by atoms with E-state index < -0.39 is 0 Å². The van der Waals surface area contributed by atoms with E-state index in [9.17, 15) is 0 Å². The first-order valence-electron chi connectivity index (χ1n) is 5.04. The van der Waals surface area contributed by atoms with Gasteiger partial charge in [-0.25, -0.2) is 0 Å². The van der Waals surface area contributed by atoms with Gasteiger partial charge in [0.05, 0.1) is 5.69 Å². The number of nitrogens with two attached hydrogens (primary N) is 1. The molecular formula is C13H11Cl2NO. The molecule has 0 amide bonds. The van der Waals surface area contributed by atoms with Crippen molar-refractivity contribution in [2.24, 2.45) is 0 Å². The zero-order valence-corrected chi connectivity index (χ0v) is 10.7. The number of aryl methyl sites for hydroxylation is 1. The summed E-state index contributed by atoms with van der Waals surface area (Å²) in [5.74, 6) is 1.17. The highest BCUT2D eigenvalue weighted by atomic mass is 35.5. The van der Waals surface area contributed by atoms with E-state index >= 15 is 0 Å². The molecule has 0 aromatic heterocycles. The van der Waals surface area contributed by atoms with E-state index in [1.807, 2.05) is 19.1 Å². The average Bonchev–Trinajstić information content (AvgIpc) is 2.22. The van der Waals surface area contributed by atoms with E-state index in [2.05, 4.69) is 0 Å². The van der Waals surface area contributed by atoms with Crippen LogP contribution in [0.5, 0.6) is 11.5 Å². The lowest BCUT2D eigenvalue weighted by molar-refractivity contribution is 0.485. The third-order valence-electron chi connectivity index (χ3n) is 2.23. The highest BCUT2D eigenvalue weighted by Crippen LogP contribution is 2.31. The molecular weight excluding hydrogens is 257 g/mol. The van der Waals surface area contributed by atoms with Crippen molar-refractivity contribution in [2.45, 2.75) is 6.92 Å². The molecule has 0 spiro atoms. The zero-order chi connectivity index (χ0) is 12.4. The Balaban J connectivity index is 2.34. The topological polar surface area (TPSA) is 35.2 Å². The summed E-state index contributed by atoms with van der Waals surface area (Å²) in [6, 6.07) is 10.6. The van der Waals surface area contributed by atoms with Crippen LogP contribution in [-0.4, -0.2) is 0 Å². The van der Waals surface area contributed by atoms with Crippen LogP contribution in [0.2, 0.25) is 10.0 Å². The summed E-state index contributed by atoms with van der Waals surface area (Å²) in [6.45, 7) is 1.97. The van der Waals surface area contributed by atoms with Gasteiger partial charge in [0, 0.05) is 10.0 Å². The highest BCUT2D eigenvalue weighted by molar-refractivity contribution is 6.34. The van der Waals surface area contributed by atoms with Crippen molar-refractivity contribution in [3.8, 4) is 11.5 Å². The lowest BCUT2D eigenvalue weighted by Crippen LogP contribution is -1.92. The van der Waals surface area contributed by atoms with Crippen LogP contribution in [0.15, 0.2) is 36.4 Å². The van der Waals surface area contributed by atoms with Gasteiger partial charge in [0.1, 0.15) is 5.75 Å². The maximum absolute atomic E-state index is 5.89. The molecule has 0 aliphatic carbocycles. The second kappa shape index (κ2) is 4.86. The SMILES string of the molecule is Cc1ccc(N)c(Oc2cc(Cl)cc(Cl)c2)c1. The maximum atomic E-state index is 5.89. The molecule has 2 N–H and O–H groups in total. The van der Waals surface area contributed by atoms with Crippen molar-refractivity contribution in [1.29, 1.82) is 0 Å². The van der Waals surface area contributed by atoms with Crippen molar-refractivity contribution >= 4 is 28.9 Å². The summed E-state index contributed by atoms with van der Waals surface area (Å²) in [4.78, 5) is 0. The summed E-state index contributed by atoms with van der Waals surface area (Å²) in [5.41, 5.74) is 7.47. The Bertz CT molecular complexity index is 535. The summed E-state index contributed by atoms with van der Waals surface area (Å²) in [7, 11) is 0. The van der Waals surface area contributed by atoms with Crippen LogP contribution in [-0.2, 0) is 0 Å². The van der Waals surface area contributed by atoms with E-state index in [-0.39, 0.29) is 0 Å². The molecule has 0 bridgehead atoms. The van der Waals surface area contributed by atoms with Gasteiger partial charge in [-0.2, -0.15) is 0 Å². The van der Waals surface area contributed by atoms with Gasteiger partial charge < -0.3 is 10.5 Å². The van der Waals surface area contributed by atoms with Crippen molar-refractivity contribution in [3.63, 3.8) is 0 Å². The smallest absolute Gasteiger partial charge is 0.150 e. The number of ether oxygens (including phenoxy) is 1. The Labute approximate surface area is 110 Å². The third kappa shape index (κ3) is 3.05. The Hall–Kier alpha value is -1.38. The second-order valence-electron chi connectivity index (χ2n) is 3.75. The first kappa shape index (κ1) is 12.1. The Morgan fingerprint density at radius 1 is 1.00 bits per heavy atom. The van der Waals surface area contributed by atoms with Gasteiger partial charge in [-0.05, 0) is 42.8 Å². The van der Waals surface area contributed by atoms with Crippen LogP contribution < -0.4 is 10.5 Å². The number of hydrogen-bond acceptors (Lipinski definition) is 2. The normalized spacial score (nSPS) is 10.3. The third-order valence-corrected chi connectivity index (χ3v) is 2.67. The van der Waals surface area contributed by atoms with E-state index in [1.165, 1.54) is 0 Å². The monoisotopic (exact) mass is 267 g/mol. The summed E-state index contributed by atoms with van der Waals surface area (Å²) >= 11 is 11.8. The van der Waals surface area contributed by atoms with Crippen molar-refractivity contribution in [1.82, 2.24) is 0 Å². The Morgan fingerprint density at radius 3 is 2.29 bits per heavy atom. The zero-order valence-electron chi connectivity index (χ0n) is 9.21. The van der Waals surface area contributed by atoms with Gasteiger partial charge >= 0.3 is 0 Å². The molecule has 0 aliphatic heterocycles. The fourth-order valence-corrected chi connectivity index (χ4v) is 1.95. The molecule has 2 rings (SSSR count). The molecule has 4 heteroatoms. The van der Waals surface area contributed by atoms with Crippen molar-refractivity contribution in [3.05, 3.63) is 52.0 Å². The molecule has 2 nitrogen and oxygen atoms in total. The average molecular weight is 268 g/mol. The minimum absolute atomic E-state index is 0.527. The molecule has 0 radical (unpaired) electrons. The number of anilines is 1. The van der Waals surface area contributed by atoms with Crippen LogP contribution in [0.25, 0.3) is 0 Å². The van der Waals surface area contributed by atoms with Crippen LogP contribution in [0.1, 0.15) is 5.56 Å². The molecule has 0 atom stereocenters. The predicted octanol–water partition coefficient (Wildman–Crippen LogP) is 4.68. The highest BCUT2D eigenvalue weighted by Gasteiger charge is 2.04. The molecule has 88 valence electrons. The minimum Gasteiger partial charge on any atom is -0.455 e. The quantitative estimate of drug-likeness (QED) is 0.803. The molecule has 2 aromatic carbocycles. The van der Waals surface area contributed by atoms with E-state index in [1.54, 1.807) is 24.3 Å². The number of nitrogen functional groups attached to an aromatic ring is 1. The maximum Gasteiger partial charge on any atom is 0.150 e. The first-order chi connectivity index (χ1) is 8.04. The number of halogens is 2. The molecule has 0 unspecified atom stereocenters. The number of rotatable bonds is 2. The summed E-state index contributed by atoms with van der Waals surface area (Å²) in [5, 5.41) is 1.05. The van der Waals surface area contributed by atoms with Crippen LogP contribution in [0.4, 0.5) is 5.69 Å². The van der Waals surface area contributed by atoms with Gasteiger partial charge in [-0.1, -0.05) is 29.3 Å². The lowest BCUT2D eigenvalue weighted by Gasteiger charge is -2.09. The lowest BCUT2D eigenvalue weighted by atomic mass is 10.2. The standard InChI is InChI=1S/C13H11Cl2NO/c1-8-2-3-12(16)13(4-8)17-11-6-9(14)5-10(15)7-11/h2-7H,16H2,1H3. The van der Waals surface area contributed by atoms with Gasteiger partial charge in [-0.3, -0.25) is 0 Å². The molecule has 0 fully saturated rings. The van der Waals surface area contributed by atoms with Gasteiger partial charge in [0.25, 0.3) is 0 Å². The summed E-state index contributed by atoms with van der Waals surface area (Å²) in [6.07, 6.45) is 0. The first-order valence-corrected chi connectivity index (χ1v) is 5.80. The molecule has 0 saturated heterocycles. The van der Waals surface area contributed by atoms with Gasteiger partial charge in [0.15, 0.2) is 5.75 Å². The van der Waals surface area contributed by atoms with E-state index in [0.717, 1.165) is 5.56 Å². The number of benzene rings is 2. The fourth-order valence-electron chi connectivity index (χ4n) is 1.44. The largest absolute Gasteiger partial charge is 0.455 e. The Kier molecular flexibility index (Phi) is 3.46. The van der Waals surface area contributed by atoms with Crippen LogP contribution in [0, 0.1) is 6.92 Å². The van der Waals surface area contributed by atoms with Gasteiger partial charge in [0.2, 0.25) is 0 Å². The molecule has 0 saturated carbocycles. The molecule has 2 aromatic rings. The van der Waals surface area contributed by atoms with Gasteiger partial charge in [-0.15, -0.1) is 0 Å². The second-order valence-corrected chi connectivity index (χ2v) is 4.62. The summed E-state index contributed by atoms with van der Waals surface area (Å²) < 4.78 is 5.66. The van der Waals surface area contributed by atoms with E-state index in [4.69, 9.17) is 33.7 Å². The van der Waals surface area contributed by atoms with E-state index in [0.29, 0.717) is 27.2 Å². The van der Waals surface area contributed by atoms with Crippen molar-refractivity contribution in [2.75, 3.05) is 5.73 Å². The minimum atomic E-state index is 0.527. The predicted molar refractivity (Wildman–Crippen MR) is 72.1 cm³/mol. The van der Waals surface area contributed by atoms with Crippen molar-refractivity contribution < 1.29 is 4.74 Å². The molecule has 0 aliphatic rings. The van der Waals surface area contributed by atoms with Crippen LogP contribution in [0.3, 0.4) is 0 Å². The van der Waals surface area contributed by atoms with Crippen LogP contribution >= 0.6 is 23.2 Å². The number of hydrogen-bond donors (Lipinski definition) is 1. The molecule has 0 heterocycles. The fraction of sp³-hybridized carbons (Fsp3) is 0.0769.